The number of methoxy groups -OCH3 is 1. The number of halogens is 6. The van der Waals surface area contributed by atoms with Crippen LogP contribution in [0.3, 0.4) is 0 Å². The largest absolute Gasteiger partial charge is 0.496 e. The molecule has 1 aliphatic heterocycles. The fraction of sp³-hybridized carbons (Fsp3) is 0.350. The van der Waals surface area contributed by atoms with Gasteiger partial charge in [0.2, 0.25) is 12.1 Å². The van der Waals surface area contributed by atoms with Crippen molar-refractivity contribution in [3.05, 3.63) is 75.8 Å². The number of ether oxygens (including phenoxy) is 3. The molecule has 0 amide bonds. The second-order valence-corrected chi connectivity index (χ2v) is 7.02. The van der Waals surface area contributed by atoms with Crippen molar-refractivity contribution in [3.8, 4) is 5.75 Å². The van der Waals surface area contributed by atoms with Crippen LogP contribution in [0.5, 0.6) is 5.75 Å². The van der Waals surface area contributed by atoms with Gasteiger partial charge in [0.25, 0.3) is 0 Å². The summed E-state index contributed by atoms with van der Waals surface area (Å²) in [4.78, 5) is 23.5. The molecule has 0 bridgehead atoms. The number of hydrogen-bond donors (Lipinski definition) is 0. The van der Waals surface area contributed by atoms with Gasteiger partial charge in [-0.05, 0) is 11.6 Å². The Morgan fingerprint density at radius 3 is 2.03 bits per heavy atom. The summed E-state index contributed by atoms with van der Waals surface area (Å²) in [6, 6.07) is 11.1. The molecule has 7 nitrogen and oxygen atoms in total. The Morgan fingerprint density at radius 2 is 1.55 bits per heavy atom. The van der Waals surface area contributed by atoms with Crippen LogP contribution in [-0.4, -0.2) is 42.7 Å². The first kappa shape index (κ1) is 24.3. The Hall–Kier alpha value is -3.35. The molecule has 0 aliphatic carbocycles. The number of nitro groups is 1. The highest BCUT2D eigenvalue weighted by molar-refractivity contribution is 5.85. The Morgan fingerprint density at radius 1 is 1.00 bits per heavy atom. The molecule has 2 atom stereocenters. The van der Waals surface area contributed by atoms with E-state index in [0.29, 0.717) is 0 Å². The first-order valence-corrected chi connectivity index (χ1v) is 9.17. The lowest BCUT2D eigenvalue weighted by Crippen LogP contribution is -2.59. The van der Waals surface area contributed by atoms with Crippen molar-refractivity contribution < 1.29 is 50.3 Å². The number of esters is 1. The maximum Gasteiger partial charge on any atom is 0.465 e. The van der Waals surface area contributed by atoms with Crippen LogP contribution < -0.4 is 4.74 Å². The number of hydrogen-bond acceptors (Lipinski definition) is 6. The number of carbonyl (C=O) groups excluding carboxylic acids is 1. The van der Waals surface area contributed by atoms with Gasteiger partial charge in [-0.25, -0.2) is 4.79 Å². The zero-order valence-electron chi connectivity index (χ0n) is 16.6. The molecule has 1 aliphatic rings. The van der Waals surface area contributed by atoms with E-state index < -0.39 is 52.7 Å². The Balaban J connectivity index is 2.38. The average molecular weight is 479 g/mol. The lowest BCUT2D eigenvalue weighted by molar-refractivity contribution is -0.491. The summed E-state index contributed by atoms with van der Waals surface area (Å²) in [5.41, 5.74) is -3.91. The van der Waals surface area contributed by atoms with Crippen LogP contribution in [0.15, 0.2) is 54.6 Å². The van der Waals surface area contributed by atoms with Crippen molar-refractivity contribution >= 4 is 5.97 Å². The predicted octanol–water partition coefficient (Wildman–Crippen LogP) is 4.35. The summed E-state index contributed by atoms with van der Waals surface area (Å²) in [5, 5.41) is 11.5. The van der Waals surface area contributed by atoms with Crippen LogP contribution in [0.25, 0.3) is 0 Å². The maximum absolute atomic E-state index is 13.7. The SMILES string of the molecule is COc1ccccc1[C@H](C[N+](=O)[O-])[C@]1(c2ccccc2)OC(C(F)(F)F)(C(F)(F)F)OC1=O. The Labute approximate surface area is 182 Å². The molecule has 3 rings (SSSR count). The summed E-state index contributed by atoms with van der Waals surface area (Å²) in [6.45, 7) is -1.28. The molecule has 13 heteroatoms. The van der Waals surface area contributed by atoms with Crippen LogP contribution in [0.4, 0.5) is 26.3 Å². The van der Waals surface area contributed by atoms with Crippen molar-refractivity contribution in [1.29, 1.82) is 0 Å². The quantitative estimate of drug-likeness (QED) is 0.265. The molecular weight excluding hydrogens is 464 g/mol. The smallest absolute Gasteiger partial charge is 0.465 e. The topological polar surface area (TPSA) is 87.9 Å². The van der Waals surface area contributed by atoms with Gasteiger partial charge in [-0.3, -0.25) is 10.1 Å². The predicted molar refractivity (Wildman–Crippen MR) is 97.7 cm³/mol. The minimum atomic E-state index is -6.25. The van der Waals surface area contributed by atoms with Crippen LogP contribution >= 0.6 is 0 Å². The summed E-state index contributed by atoms with van der Waals surface area (Å²) in [6.07, 6.45) is -12.5. The van der Waals surface area contributed by atoms with Crippen molar-refractivity contribution in [3.63, 3.8) is 0 Å². The van der Waals surface area contributed by atoms with Gasteiger partial charge in [0.1, 0.15) is 5.75 Å². The molecule has 1 heterocycles. The van der Waals surface area contributed by atoms with E-state index in [0.717, 1.165) is 19.2 Å². The van der Waals surface area contributed by atoms with E-state index in [1.807, 2.05) is 0 Å². The number of benzene rings is 2. The monoisotopic (exact) mass is 479 g/mol. The molecule has 178 valence electrons. The van der Waals surface area contributed by atoms with Gasteiger partial charge >= 0.3 is 24.1 Å². The fourth-order valence-electron chi connectivity index (χ4n) is 3.71. The third-order valence-electron chi connectivity index (χ3n) is 5.13. The summed E-state index contributed by atoms with van der Waals surface area (Å²) >= 11 is 0. The van der Waals surface area contributed by atoms with Crippen LogP contribution in [-0.2, 0) is 19.9 Å². The highest BCUT2D eigenvalue weighted by Crippen LogP contribution is 2.59. The van der Waals surface area contributed by atoms with Crippen molar-refractivity contribution in [2.75, 3.05) is 13.7 Å². The summed E-state index contributed by atoms with van der Waals surface area (Å²) in [5.74, 6) is -9.54. The molecule has 2 aromatic rings. The lowest BCUT2D eigenvalue weighted by Gasteiger charge is -2.36. The molecule has 0 N–H and O–H groups in total. The van der Waals surface area contributed by atoms with Crippen LogP contribution in [0.2, 0.25) is 0 Å². The zero-order chi connectivity index (χ0) is 24.7. The number of nitrogens with zero attached hydrogens (tertiary/aromatic N) is 1. The average Bonchev–Trinajstić information content (AvgIpc) is 3.08. The minimum absolute atomic E-state index is 0.118. The van der Waals surface area contributed by atoms with Gasteiger partial charge < -0.3 is 14.2 Å². The number of cyclic esters (lactones) is 1. The Bertz CT molecular complexity index is 1030. The van der Waals surface area contributed by atoms with Crippen molar-refractivity contribution in [2.24, 2.45) is 0 Å². The molecule has 0 aromatic heterocycles. The van der Waals surface area contributed by atoms with E-state index in [4.69, 9.17) is 4.74 Å². The zero-order valence-corrected chi connectivity index (χ0v) is 16.6. The second kappa shape index (κ2) is 8.21. The summed E-state index contributed by atoms with van der Waals surface area (Å²) < 4.78 is 96.0. The highest BCUT2D eigenvalue weighted by atomic mass is 19.4. The first-order chi connectivity index (χ1) is 15.3. The van der Waals surface area contributed by atoms with Crippen LogP contribution in [0.1, 0.15) is 17.0 Å². The normalized spacial score (nSPS) is 21.4. The van der Waals surface area contributed by atoms with Gasteiger partial charge in [0.05, 0.1) is 13.0 Å². The van der Waals surface area contributed by atoms with E-state index in [1.165, 1.54) is 42.5 Å². The number of para-hydroxylation sites is 1. The molecule has 1 fully saturated rings. The van der Waals surface area contributed by atoms with Gasteiger partial charge in [-0.1, -0.05) is 48.5 Å². The molecule has 0 radical (unpaired) electrons. The maximum atomic E-state index is 13.7. The van der Waals surface area contributed by atoms with E-state index in [-0.39, 0.29) is 11.3 Å². The van der Waals surface area contributed by atoms with Crippen molar-refractivity contribution in [1.82, 2.24) is 0 Å². The molecule has 1 saturated heterocycles. The van der Waals surface area contributed by atoms with Crippen molar-refractivity contribution in [2.45, 2.75) is 29.7 Å². The fourth-order valence-corrected chi connectivity index (χ4v) is 3.71. The van der Waals surface area contributed by atoms with Crippen LogP contribution in [0, 0.1) is 10.1 Å². The van der Waals surface area contributed by atoms with E-state index in [1.54, 1.807) is 0 Å². The highest BCUT2D eigenvalue weighted by Gasteiger charge is 2.84. The van der Waals surface area contributed by atoms with E-state index >= 15 is 0 Å². The molecular formula is C20H15F6NO6. The Kier molecular flexibility index (Phi) is 6.04. The lowest BCUT2D eigenvalue weighted by atomic mass is 9.76. The van der Waals surface area contributed by atoms with Gasteiger partial charge in [0.15, 0.2) is 0 Å². The third-order valence-corrected chi connectivity index (χ3v) is 5.13. The number of rotatable bonds is 6. The molecule has 0 saturated carbocycles. The van der Waals surface area contributed by atoms with Gasteiger partial charge in [-0.2, -0.15) is 26.3 Å². The molecule has 2 aromatic carbocycles. The molecule has 0 spiro atoms. The van der Waals surface area contributed by atoms with Gasteiger partial charge in [0, 0.05) is 10.5 Å². The van der Waals surface area contributed by atoms with E-state index in [2.05, 4.69) is 9.47 Å². The molecule has 0 unspecified atom stereocenters. The summed E-state index contributed by atoms with van der Waals surface area (Å²) in [7, 11) is 1.14. The first-order valence-electron chi connectivity index (χ1n) is 9.17. The van der Waals surface area contributed by atoms with E-state index in [9.17, 15) is 41.3 Å². The standard InChI is InChI=1S/C20H15F6NO6/c1-31-15-10-6-5-9-13(15)14(11-27(29)30)17(12-7-3-2-4-8-12)16(28)32-18(33-17,19(21,22)23)20(24,25)26/h2-10,14H,11H2,1H3/t14-,17-/m0/s1. The number of carbonyl (C=O) groups is 1. The molecule has 33 heavy (non-hydrogen) atoms. The van der Waals surface area contributed by atoms with Gasteiger partial charge in [-0.15, -0.1) is 0 Å². The number of alkyl halides is 6. The third kappa shape index (κ3) is 3.86. The minimum Gasteiger partial charge on any atom is -0.496 e. The second-order valence-electron chi connectivity index (χ2n) is 7.02.